The first kappa shape index (κ1) is 18.4. The zero-order valence-electron chi connectivity index (χ0n) is 14.4. The van der Waals surface area contributed by atoms with Gasteiger partial charge in [-0.15, -0.1) is 0 Å². The van der Waals surface area contributed by atoms with Crippen LogP contribution >= 0.6 is 0 Å². The molecule has 3 rings (SSSR count). The first-order valence-electron chi connectivity index (χ1n) is 8.34. The number of rotatable bonds is 4. The van der Waals surface area contributed by atoms with Crippen molar-refractivity contribution >= 4 is 32.7 Å². The summed E-state index contributed by atoms with van der Waals surface area (Å²) in [7, 11) is -3.20. The van der Waals surface area contributed by atoms with E-state index in [0.717, 1.165) is 12.8 Å². The number of carbonyl (C=O) groups is 1. The molecule has 0 aliphatic carbocycles. The van der Waals surface area contributed by atoms with Crippen molar-refractivity contribution in [2.75, 3.05) is 31.2 Å². The zero-order chi connectivity index (χ0) is 18.7. The predicted molar refractivity (Wildman–Crippen MR) is 98.6 cm³/mol. The third kappa shape index (κ3) is 4.41. The van der Waals surface area contributed by atoms with E-state index in [1.165, 1.54) is 22.9 Å². The molecule has 0 unspecified atom stereocenters. The number of hydrogen-bond donors (Lipinski definition) is 2. The Morgan fingerprint density at radius 3 is 2.92 bits per heavy atom. The fourth-order valence-electron chi connectivity index (χ4n) is 3.07. The lowest BCUT2D eigenvalue weighted by Gasteiger charge is -2.30. The molecule has 26 heavy (non-hydrogen) atoms. The number of anilines is 1. The van der Waals surface area contributed by atoms with Gasteiger partial charge in [0.15, 0.2) is 5.43 Å². The Morgan fingerprint density at radius 1 is 1.35 bits per heavy atom. The van der Waals surface area contributed by atoms with Crippen molar-refractivity contribution in [1.82, 2.24) is 9.62 Å². The molecule has 1 fully saturated rings. The van der Waals surface area contributed by atoms with E-state index < -0.39 is 16.1 Å². The van der Waals surface area contributed by atoms with Crippen molar-refractivity contribution in [2.45, 2.75) is 12.8 Å². The quantitative estimate of drug-likeness (QED) is 0.838. The third-order valence-electron chi connectivity index (χ3n) is 4.42. The van der Waals surface area contributed by atoms with Gasteiger partial charge in [-0.1, -0.05) is 0 Å². The lowest BCUT2D eigenvalue weighted by molar-refractivity contribution is 0.239. The minimum atomic E-state index is -3.20. The molecule has 1 aromatic heterocycles. The normalized spacial score (nSPS) is 18.6. The van der Waals surface area contributed by atoms with Crippen molar-refractivity contribution in [2.24, 2.45) is 5.92 Å². The van der Waals surface area contributed by atoms with E-state index in [4.69, 9.17) is 4.42 Å². The lowest BCUT2D eigenvalue weighted by Crippen LogP contribution is -2.43. The monoisotopic (exact) mass is 379 g/mol. The van der Waals surface area contributed by atoms with E-state index in [2.05, 4.69) is 10.6 Å². The van der Waals surface area contributed by atoms with Crippen LogP contribution in [0.1, 0.15) is 12.8 Å². The smallest absolute Gasteiger partial charge is 0.319 e. The molecule has 2 amide bonds. The predicted octanol–water partition coefficient (Wildman–Crippen LogP) is 1.59. The number of nitrogens with zero attached hydrogens (tertiary/aromatic N) is 1. The summed E-state index contributed by atoms with van der Waals surface area (Å²) in [4.78, 5) is 23.9. The fourth-order valence-corrected chi connectivity index (χ4v) is 4.01. The number of nitrogens with one attached hydrogen (secondary N) is 2. The Kier molecular flexibility index (Phi) is 5.28. The number of amides is 2. The standard InChI is InChI=1S/C17H21N3O5S/c1-26(23,24)20-7-2-3-12(11-20)10-18-17(22)19-13-4-5-16-14(9-13)15(21)6-8-25-16/h4-6,8-9,12H,2-3,7,10-11H2,1H3,(H2,18,19,22)/t12-/m0/s1. The highest BCUT2D eigenvalue weighted by Gasteiger charge is 2.25. The fraction of sp³-hybridized carbons (Fsp3) is 0.412. The molecule has 1 aromatic carbocycles. The Morgan fingerprint density at radius 2 is 2.15 bits per heavy atom. The first-order chi connectivity index (χ1) is 12.3. The second kappa shape index (κ2) is 7.46. The molecule has 1 atom stereocenters. The maximum absolute atomic E-state index is 12.1. The summed E-state index contributed by atoms with van der Waals surface area (Å²) in [5.74, 6) is 0.0767. The van der Waals surface area contributed by atoms with E-state index in [0.29, 0.717) is 36.3 Å². The number of piperidine rings is 1. The third-order valence-corrected chi connectivity index (χ3v) is 5.69. The molecule has 2 aromatic rings. The van der Waals surface area contributed by atoms with Gasteiger partial charge >= 0.3 is 6.03 Å². The highest BCUT2D eigenvalue weighted by atomic mass is 32.2. The Hall–Kier alpha value is -2.39. The molecule has 1 saturated heterocycles. The SMILES string of the molecule is CS(=O)(=O)N1CCC[C@@H](CNC(=O)Nc2ccc3occc(=O)c3c2)C1. The number of fused-ring (bicyclic) bond motifs is 1. The molecule has 0 bridgehead atoms. The molecular formula is C17H21N3O5S. The number of hydrogen-bond acceptors (Lipinski definition) is 5. The van der Waals surface area contributed by atoms with Gasteiger partial charge < -0.3 is 15.1 Å². The largest absolute Gasteiger partial charge is 0.464 e. The van der Waals surface area contributed by atoms with Crippen LogP contribution in [0.15, 0.2) is 39.7 Å². The summed E-state index contributed by atoms with van der Waals surface area (Å²) < 4.78 is 30.0. The summed E-state index contributed by atoms with van der Waals surface area (Å²) in [5.41, 5.74) is 0.750. The number of carbonyl (C=O) groups excluding carboxylic acids is 1. The molecule has 2 N–H and O–H groups in total. The molecule has 0 radical (unpaired) electrons. The minimum Gasteiger partial charge on any atom is -0.464 e. The van der Waals surface area contributed by atoms with Crippen molar-refractivity contribution in [3.63, 3.8) is 0 Å². The molecule has 9 heteroatoms. The Balaban J connectivity index is 1.58. The zero-order valence-corrected chi connectivity index (χ0v) is 15.2. The van der Waals surface area contributed by atoms with E-state index in [1.54, 1.807) is 18.2 Å². The molecular weight excluding hydrogens is 358 g/mol. The van der Waals surface area contributed by atoms with E-state index >= 15 is 0 Å². The van der Waals surface area contributed by atoms with Crippen molar-refractivity contribution in [1.29, 1.82) is 0 Å². The van der Waals surface area contributed by atoms with Crippen LogP contribution in [0.2, 0.25) is 0 Å². The Labute approximate surface area is 151 Å². The number of urea groups is 1. The molecule has 0 spiro atoms. The van der Waals surface area contributed by atoms with Gasteiger partial charge in [0, 0.05) is 31.4 Å². The van der Waals surface area contributed by atoms with Gasteiger partial charge in [0.25, 0.3) is 0 Å². The average Bonchev–Trinajstić information content (AvgIpc) is 2.60. The summed E-state index contributed by atoms with van der Waals surface area (Å²) in [6, 6.07) is 5.75. The van der Waals surface area contributed by atoms with Crippen LogP contribution in [-0.2, 0) is 10.0 Å². The number of benzene rings is 1. The molecule has 8 nitrogen and oxygen atoms in total. The average molecular weight is 379 g/mol. The van der Waals surface area contributed by atoms with Gasteiger partial charge in [0.05, 0.1) is 17.9 Å². The van der Waals surface area contributed by atoms with Gasteiger partial charge in [-0.25, -0.2) is 17.5 Å². The van der Waals surface area contributed by atoms with E-state index in [9.17, 15) is 18.0 Å². The van der Waals surface area contributed by atoms with Gasteiger partial charge in [0.2, 0.25) is 10.0 Å². The van der Waals surface area contributed by atoms with E-state index in [1.807, 2.05) is 0 Å². The maximum Gasteiger partial charge on any atom is 0.319 e. The summed E-state index contributed by atoms with van der Waals surface area (Å²) in [6.07, 6.45) is 4.17. The molecule has 2 heterocycles. The van der Waals surface area contributed by atoms with Crippen LogP contribution < -0.4 is 16.1 Å². The minimum absolute atomic E-state index is 0.0767. The van der Waals surface area contributed by atoms with Crippen LogP contribution in [-0.4, -0.2) is 44.6 Å². The number of sulfonamides is 1. The van der Waals surface area contributed by atoms with E-state index in [-0.39, 0.29) is 11.3 Å². The topological polar surface area (TPSA) is 109 Å². The van der Waals surface area contributed by atoms with Crippen molar-refractivity contribution in [3.05, 3.63) is 40.8 Å². The first-order valence-corrected chi connectivity index (χ1v) is 10.2. The molecule has 1 aliphatic heterocycles. The Bertz CT molecular complexity index is 970. The summed E-state index contributed by atoms with van der Waals surface area (Å²) >= 11 is 0. The second-order valence-corrected chi connectivity index (χ2v) is 8.44. The molecule has 0 saturated carbocycles. The van der Waals surface area contributed by atoms with Gasteiger partial charge in [-0.05, 0) is 37.0 Å². The summed E-state index contributed by atoms with van der Waals surface area (Å²) in [6.45, 7) is 1.32. The van der Waals surface area contributed by atoms with Crippen LogP contribution in [0.25, 0.3) is 11.0 Å². The maximum atomic E-state index is 12.1. The van der Waals surface area contributed by atoms with Crippen LogP contribution in [0.3, 0.4) is 0 Å². The van der Waals surface area contributed by atoms with Gasteiger partial charge in [-0.2, -0.15) is 0 Å². The van der Waals surface area contributed by atoms with Gasteiger partial charge in [0.1, 0.15) is 5.58 Å². The summed E-state index contributed by atoms with van der Waals surface area (Å²) in [5, 5.41) is 5.83. The highest BCUT2D eigenvalue weighted by molar-refractivity contribution is 7.88. The van der Waals surface area contributed by atoms with Crippen LogP contribution in [0.4, 0.5) is 10.5 Å². The van der Waals surface area contributed by atoms with Crippen LogP contribution in [0, 0.1) is 5.92 Å². The highest BCUT2D eigenvalue weighted by Crippen LogP contribution is 2.18. The lowest BCUT2D eigenvalue weighted by atomic mass is 10.00. The molecule has 1 aliphatic rings. The van der Waals surface area contributed by atoms with Gasteiger partial charge in [-0.3, -0.25) is 4.79 Å². The van der Waals surface area contributed by atoms with Crippen molar-refractivity contribution in [3.8, 4) is 0 Å². The van der Waals surface area contributed by atoms with Crippen LogP contribution in [0.5, 0.6) is 0 Å². The molecule has 140 valence electrons. The second-order valence-electron chi connectivity index (χ2n) is 6.46. The van der Waals surface area contributed by atoms with Crippen molar-refractivity contribution < 1.29 is 17.6 Å².